The standard InChI is InChI=1S/C43H40Cl2N6O3/c1-54-28-18-15-26(16-19-28)48-39-24-37(31-9-2-5-14-36(31)49-39)50-42(53)43(21-6-7-22-43)51-41(52)30-12-8-11-29(30)40-32-10-3-4-13-35(32)46-25-38(40)47-27-17-20-33(44)34(45)23-27/h2-5,9-10,13-20,23-25,29-30,47H,6-8,11-12,21-22H2,1H3,(H,51,52)(H2,48,49,50,53). The van der Waals surface area contributed by atoms with E-state index >= 15 is 0 Å². The van der Waals surface area contributed by atoms with E-state index < -0.39 is 5.54 Å². The van der Waals surface area contributed by atoms with E-state index in [4.69, 9.17) is 37.9 Å². The van der Waals surface area contributed by atoms with Gasteiger partial charge in [0.2, 0.25) is 11.8 Å². The van der Waals surface area contributed by atoms with Crippen LogP contribution in [0.1, 0.15) is 56.4 Å². The molecule has 2 unspecified atom stereocenters. The van der Waals surface area contributed by atoms with Crippen LogP contribution in [0.3, 0.4) is 0 Å². The summed E-state index contributed by atoms with van der Waals surface area (Å²) in [6.07, 6.45) is 7.06. The first kappa shape index (κ1) is 35.6. The van der Waals surface area contributed by atoms with Gasteiger partial charge in [0.15, 0.2) is 0 Å². The molecule has 54 heavy (non-hydrogen) atoms. The zero-order valence-electron chi connectivity index (χ0n) is 29.8. The summed E-state index contributed by atoms with van der Waals surface area (Å²) in [4.78, 5) is 38.6. The predicted molar refractivity (Wildman–Crippen MR) is 218 cm³/mol. The van der Waals surface area contributed by atoms with Crippen LogP contribution in [-0.2, 0) is 9.59 Å². The minimum atomic E-state index is -1.04. The van der Waals surface area contributed by atoms with Crippen molar-refractivity contribution in [2.45, 2.75) is 56.4 Å². The molecule has 2 aliphatic carbocycles. The zero-order chi connectivity index (χ0) is 37.2. The fourth-order valence-electron chi connectivity index (χ4n) is 8.13. The number of hydrogen-bond acceptors (Lipinski definition) is 7. The number of carbonyl (C=O) groups is 2. The first-order chi connectivity index (χ1) is 26.3. The number of halogens is 2. The second kappa shape index (κ2) is 15.2. The monoisotopic (exact) mass is 758 g/mol. The summed E-state index contributed by atoms with van der Waals surface area (Å²) in [6.45, 7) is 0. The molecule has 6 aromatic rings. The van der Waals surface area contributed by atoms with Crippen molar-refractivity contribution in [1.82, 2.24) is 15.3 Å². The van der Waals surface area contributed by atoms with Gasteiger partial charge in [-0.25, -0.2) is 4.98 Å². The molecule has 2 fully saturated rings. The molecule has 4 aromatic carbocycles. The lowest BCUT2D eigenvalue weighted by atomic mass is 9.84. The number of benzene rings is 4. The highest BCUT2D eigenvalue weighted by Gasteiger charge is 2.46. The van der Waals surface area contributed by atoms with Crippen LogP contribution in [0.25, 0.3) is 21.8 Å². The SMILES string of the molecule is COc1ccc(Nc2cc(NC(=O)C3(NC(=O)C4CCCC4c4c(Nc5ccc(Cl)c(Cl)c5)cnc5ccccc45)CCCC3)c3ccccc3n2)cc1. The summed E-state index contributed by atoms with van der Waals surface area (Å²) in [7, 11) is 1.63. The molecule has 11 heteroatoms. The van der Waals surface area contributed by atoms with Crippen molar-refractivity contribution in [2.75, 3.05) is 23.1 Å². The number of nitrogens with one attached hydrogen (secondary N) is 4. The largest absolute Gasteiger partial charge is 0.497 e. The number of fused-ring (bicyclic) bond motifs is 2. The van der Waals surface area contributed by atoms with Crippen LogP contribution in [-0.4, -0.2) is 34.4 Å². The molecule has 0 saturated heterocycles. The van der Waals surface area contributed by atoms with Gasteiger partial charge in [0.1, 0.15) is 17.1 Å². The molecule has 274 valence electrons. The number of hydrogen-bond donors (Lipinski definition) is 4. The number of methoxy groups -OCH3 is 1. The molecule has 2 saturated carbocycles. The van der Waals surface area contributed by atoms with Crippen molar-refractivity contribution >= 4 is 85.4 Å². The lowest BCUT2D eigenvalue weighted by molar-refractivity contribution is -0.133. The molecular formula is C43H40Cl2N6O3. The van der Waals surface area contributed by atoms with Crippen LogP contribution >= 0.6 is 23.2 Å². The van der Waals surface area contributed by atoms with Crippen LogP contribution in [0.2, 0.25) is 10.0 Å². The van der Waals surface area contributed by atoms with E-state index in [0.717, 1.165) is 75.9 Å². The number of amides is 2. The fourth-order valence-corrected chi connectivity index (χ4v) is 8.43. The Morgan fingerprint density at radius 1 is 0.759 bits per heavy atom. The van der Waals surface area contributed by atoms with Crippen LogP contribution in [0.4, 0.5) is 28.6 Å². The number of rotatable bonds is 10. The minimum absolute atomic E-state index is 0.0968. The first-order valence-corrected chi connectivity index (χ1v) is 19.1. The average molecular weight is 760 g/mol. The van der Waals surface area contributed by atoms with Gasteiger partial charge in [-0.1, -0.05) is 78.9 Å². The summed E-state index contributed by atoms with van der Waals surface area (Å²) >= 11 is 12.6. The van der Waals surface area contributed by atoms with Gasteiger partial charge in [-0.2, -0.15) is 0 Å². The summed E-state index contributed by atoms with van der Waals surface area (Å²) in [5, 5.41) is 16.2. The molecule has 2 amide bonds. The van der Waals surface area contributed by atoms with Gasteiger partial charge < -0.3 is 26.0 Å². The second-order valence-corrected chi connectivity index (χ2v) is 15.0. The third-order valence-electron chi connectivity index (χ3n) is 10.8. The highest BCUT2D eigenvalue weighted by molar-refractivity contribution is 6.42. The average Bonchev–Trinajstić information content (AvgIpc) is 3.88. The minimum Gasteiger partial charge on any atom is -0.497 e. The Morgan fingerprint density at radius 3 is 2.24 bits per heavy atom. The number of aromatic nitrogens is 2. The third kappa shape index (κ3) is 7.13. The Labute approximate surface area is 323 Å². The van der Waals surface area contributed by atoms with Crippen molar-refractivity contribution in [3.63, 3.8) is 0 Å². The molecule has 0 aliphatic heterocycles. The Bertz CT molecular complexity index is 2360. The van der Waals surface area contributed by atoms with Crippen LogP contribution in [0, 0.1) is 5.92 Å². The van der Waals surface area contributed by atoms with Gasteiger partial charge >= 0.3 is 0 Å². The van der Waals surface area contributed by atoms with E-state index in [2.05, 4.69) is 27.3 Å². The summed E-state index contributed by atoms with van der Waals surface area (Å²) < 4.78 is 5.30. The molecule has 0 spiro atoms. The Balaban J connectivity index is 1.07. The van der Waals surface area contributed by atoms with Crippen molar-refractivity contribution in [2.24, 2.45) is 5.92 Å². The van der Waals surface area contributed by atoms with E-state index in [-0.39, 0.29) is 23.7 Å². The Morgan fingerprint density at radius 2 is 1.48 bits per heavy atom. The lowest BCUT2D eigenvalue weighted by Crippen LogP contribution is -2.56. The normalized spacial score (nSPS) is 17.7. The van der Waals surface area contributed by atoms with E-state index in [9.17, 15) is 9.59 Å². The van der Waals surface area contributed by atoms with Crippen LogP contribution in [0.15, 0.2) is 103 Å². The predicted octanol–water partition coefficient (Wildman–Crippen LogP) is 10.5. The summed E-state index contributed by atoms with van der Waals surface area (Å²) in [5.74, 6) is 0.589. The van der Waals surface area contributed by atoms with Crippen LogP contribution < -0.4 is 26.0 Å². The molecule has 2 aliphatic rings. The van der Waals surface area contributed by atoms with Crippen molar-refractivity contribution in [1.29, 1.82) is 0 Å². The van der Waals surface area contributed by atoms with E-state index in [0.29, 0.717) is 40.8 Å². The van der Waals surface area contributed by atoms with Gasteiger partial charge in [0, 0.05) is 34.1 Å². The maximum Gasteiger partial charge on any atom is 0.250 e. The zero-order valence-corrected chi connectivity index (χ0v) is 31.3. The molecule has 2 atom stereocenters. The molecule has 2 heterocycles. The fraction of sp³-hybridized carbons (Fsp3) is 0.256. The number of ether oxygens (including phenoxy) is 1. The topological polar surface area (TPSA) is 117 Å². The van der Waals surface area contributed by atoms with Gasteiger partial charge in [-0.05, 0) is 91.8 Å². The van der Waals surface area contributed by atoms with E-state index in [1.807, 2.05) is 85.1 Å². The number of carbonyl (C=O) groups excluding carboxylic acids is 2. The van der Waals surface area contributed by atoms with Crippen molar-refractivity contribution in [3.05, 3.63) is 119 Å². The molecule has 9 nitrogen and oxygen atoms in total. The molecule has 2 aromatic heterocycles. The van der Waals surface area contributed by atoms with Crippen molar-refractivity contribution < 1.29 is 14.3 Å². The van der Waals surface area contributed by atoms with Crippen molar-refractivity contribution in [3.8, 4) is 5.75 Å². The maximum absolute atomic E-state index is 14.6. The van der Waals surface area contributed by atoms with Gasteiger partial charge in [0.05, 0.1) is 45.8 Å². The lowest BCUT2D eigenvalue weighted by Gasteiger charge is -2.32. The van der Waals surface area contributed by atoms with Gasteiger partial charge in [-0.3, -0.25) is 14.6 Å². The van der Waals surface area contributed by atoms with Crippen LogP contribution in [0.5, 0.6) is 5.75 Å². The third-order valence-corrected chi connectivity index (χ3v) is 11.6. The number of pyridine rings is 2. The highest BCUT2D eigenvalue weighted by atomic mass is 35.5. The number of nitrogens with zero attached hydrogens (tertiary/aromatic N) is 2. The molecule has 4 N–H and O–H groups in total. The maximum atomic E-state index is 14.6. The van der Waals surface area contributed by atoms with E-state index in [1.54, 1.807) is 19.2 Å². The van der Waals surface area contributed by atoms with Gasteiger partial charge in [0.25, 0.3) is 0 Å². The highest BCUT2D eigenvalue weighted by Crippen LogP contribution is 2.46. The Kier molecular flexibility index (Phi) is 10.0. The molecular weight excluding hydrogens is 719 g/mol. The van der Waals surface area contributed by atoms with E-state index in [1.165, 1.54) is 0 Å². The van der Waals surface area contributed by atoms with Gasteiger partial charge in [-0.15, -0.1) is 0 Å². The number of para-hydroxylation sites is 2. The first-order valence-electron chi connectivity index (χ1n) is 18.3. The summed E-state index contributed by atoms with van der Waals surface area (Å²) in [6, 6.07) is 30.6. The Hall–Kier alpha value is -5.38. The molecule has 0 radical (unpaired) electrons. The summed E-state index contributed by atoms with van der Waals surface area (Å²) in [5.41, 5.74) is 4.63. The molecule has 0 bridgehead atoms. The smallest absolute Gasteiger partial charge is 0.250 e. The second-order valence-electron chi connectivity index (χ2n) is 14.2. The number of anilines is 5. The quantitative estimate of drug-likeness (QED) is 0.110. The molecule has 8 rings (SSSR count).